The maximum absolute atomic E-state index is 12.8. The molecule has 0 aliphatic rings. The number of hydrogen-bond donors (Lipinski definition) is 0. The molecular formula is C56H96O6. The number of carbonyl (C=O) groups excluding carboxylic acids is 3. The fourth-order valence-corrected chi connectivity index (χ4v) is 7.06. The first-order valence-corrected chi connectivity index (χ1v) is 25.9. The van der Waals surface area contributed by atoms with Crippen molar-refractivity contribution in [1.29, 1.82) is 0 Å². The highest BCUT2D eigenvalue weighted by Gasteiger charge is 2.19. The summed E-state index contributed by atoms with van der Waals surface area (Å²) in [7, 11) is 0. The summed E-state index contributed by atoms with van der Waals surface area (Å²) in [5.41, 5.74) is 0. The van der Waals surface area contributed by atoms with Crippen molar-refractivity contribution in [1.82, 2.24) is 0 Å². The highest BCUT2D eigenvalue weighted by Crippen LogP contribution is 2.15. The molecule has 0 aromatic rings. The highest BCUT2D eigenvalue weighted by molar-refractivity contribution is 5.71. The number of carbonyl (C=O) groups is 3. The molecule has 0 spiro atoms. The Bertz CT molecular complexity index is 1180. The van der Waals surface area contributed by atoms with Gasteiger partial charge in [-0.1, -0.05) is 216 Å². The fraction of sp³-hybridized carbons (Fsp3) is 0.732. The zero-order chi connectivity index (χ0) is 45.1. The van der Waals surface area contributed by atoms with E-state index in [9.17, 15) is 14.4 Å². The number of rotatable bonds is 46. The van der Waals surface area contributed by atoms with E-state index in [0.29, 0.717) is 19.3 Å². The molecule has 0 aliphatic heterocycles. The lowest BCUT2D eigenvalue weighted by atomic mass is 10.0. The number of hydrogen-bond acceptors (Lipinski definition) is 6. The lowest BCUT2D eigenvalue weighted by molar-refractivity contribution is -0.167. The van der Waals surface area contributed by atoms with Crippen molar-refractivity contribution in [3.8, 4) is 0 Å². The van der Waals surface area contributed by atoms with E-state index in [4.69, 9.17) is 14.2 Å². The third-order valence-electron chi connectivity index (χ3n) is 10.9. The molecule has 0 amide bonds. The Morgan fingerprint density at radius 2 is 0.645 bits per heavy atom. The number of esters is 3. The van der Waals surface area contributed by atoms with Crippen LogP contribution in [0.5, 0.6) is 0 Å². The van der Waals surface area contributed by atoms with E-state index < -0.39 is 6.10 Å². The van der Waals surface area contributed by atoms with Gasteiger partial charge in [0.2, 0.25) is 0 Å². The Balaban J connectivity index is 4.47. The molecule has 1 unspecified atom stereocenters. The van der Waals surface area contributed by atoms with Crippen LogP contribution in [0.15, 0.2) is 72.9 Å². The Morgan fingerprint density at radius 1 is 0.339 bits per heavy atom. The zero-order valence-corrected chi connectivity index (χ0v) is 40.6. The Hall–Kier alpha value is -3.15. The van der Waals surface area contributed by atoms with Crippen LogP contribution in [0.4, 0.5) is 0 Å². The lowest BCUT2D eigenvalue weighted by Crippen LogP contribution is -2.30. The molecule has 0 bridgehead atoms. The molecule has 6 heteroatoms. The van der Waals surface area contributed by atoms with Gasteiger partial charge in [-0.25, -0.2) is 0 Å². The van der Waals surface area contributed by atoms with Crippen LogP contribution in [-0.4, -0.2) is 37.2 Å². The van der Waals surface area contributed by atoms with E-state index in [2.05, 4.69) is 93.7 Å². The average molecular weight is 865 g/mol. The molecule has 0 saturated heterocycles. The van der Waals surface area contributed by atoms with Crippen LogP contribution < -0.4 is 0 Å². The summed E-state index contributed by atoms with van der Waals surface area (Å²) >= 11 is 0. The van der Waals surface area contributed by atoms with Gasteiger partial charge in [0, 0.05) is 19.3 Å². The van der Waals surface area contributed by atoms with Gasteiger partial charge in [0.25, 0.3) is 0 Å². The fourth-order valence-electron chi connectivity index (χ4n) is 7.06. The first kappa shape index (κ1) is 58.9. The van der Waals surface area contributed by atoms with Crippen LogP contribution in [-0.2, 0) is 28.6 Å². The third-order valence-corrected chi connectivity index (χ3v) is 10.9. The molecule has 356 valence electrons. The van der Waals surface area contributed by atoms with E-state index in [-0.39, 0.29) is 37.5 Å². The number of ether oxygens (including phenoxy) is 3. The second kappa shape index (κ2) is 50.5. The first-order valence-electron chi connectivity index (χ1n) is 25.9. The molecule has 0 aliphatic carbocycles. The van der Waals surface area contributed by atoms with E-state index >= 15 is 0 Å². The van der Waals surface area contributed by atoms with Gasteiger partial charge in [0.05, 0.1) is 0 Å². The summed E-state index contributed by atoms with van der Waals surface area (Å²) in [6.07, 6.45) is 63.1. The monoisotopic (exact) mass is 865 g/mol. The summed E-state index contributed by atoms with van der Waals surface area (Å²) < 4.78 is 16.7. The predicted molar refractivity (Wildman–Crippen MR) is 265 cm³/mol. The molecule has 0 N–H and O–H groups in total. The van der Waals surface area contributed by atoms with Crippen molar-refractivity contribution in [3.05, 3.63) is 72.9 Å². The van der Waals surface area contributed by atoms with Crippen LogP contribution in [0, 0.1) is 0 Å². The second-order valence-corrected chi connectivity index (χ2v) is 17.1. The molecule has 1 atom stereocenters. The standard InChI is InChI=1S/C56H96O6/c1-4-7-10-13-16-19-22-25-27-28-29-32-34-37-40-43-46-49-55(58)61-52-53(51-60-54(57)48-45-42-39-36-33-30-24-21-18-15-12-9-6-3)62-56(59)50-47-44-41-38-35-31-26-23-20-17-14-11-8-5-2/h8,11,16-17,19-20,25,27,29,32,37,40,53H,4-7,9-10,12-15,18,21-24,26,28,30-31,33-36,38-39,41-52H2,1-3H3/b11-8-,19-16-,20-17-,27-25-,32-29-,40-37-. The molecule has 0 saturated carbocycles. The zero-order valence-electron chi connectivity index (χ0n) is 40.6. The molecule has 0 fully saturated rings. The largest absolute Gasteiger partial charge is 0.462 e. The van der Waals surface area contributed by atoms with Gasteiger partial charge < -0.3 is 14.2 Å². The summed E-state index contributed by atoms with van der Waals surface area (Å²) in [6.45, 7) is 6.45. The van der Waals surface area contributed by atoms with Crippen LogP contribution in [0.3, 0.4) is 0 Å². The molecule has 0 aromatic heterocycles. The van der Waals surface area contributed by atoms with Gasteiger partial charge in [-0.15, -0.1) is 0 Å². The molecule has 62 heavy (non-hydrogen) atoms. The maximum Gasteiger partial charge on any atom is 0.306 e. The molecule has 6 nitrogen and oxygen atoms in total. The van der Waals surface area contributed by atoms with Crippen LogP contribution in [0.1, 0.15) is 245 Å². The SMILES string of the molecule is CC/C=C\C/C=C\CCCCCCCCCC(=O)OC(COC(=O)CCC/C=C\C/C=C\C/C=C\C/C=C\CCCCC)COC(=O)CCCCCCCCCCCCCCC. The Labute approximate surface area is 382 Å². The van der Waals surface area contributed by atoms with Gasteiger partial charge in [-0.2, -0.15) is 0 Å². The van der Waals surface area contributed by atoms with E-state index in [1.807, 2.05) is 0 Å². The second-order valence-electron chi connectivity index (χ2n) is 17.1. The van der Waals surface area contributed by atoms with E-state index in [0.717, 1.165) is 83.5 Å². The van der Waals surface area contributed by atoms with Gasteiger partial charge in [0.1, 0.15) is 13.2 Å². The molecule has 0 rings (SSSR count). The van der Waals surface area contributed by atoms with Crippen molar-refractivity contribution in [2.45, 2.75) is 252 Å². The Kier molecular flexibility index (Phi) is 47.9. The minimum atomic E-state index is -0.799. The maximum atomic E-state index is 12.8. The van der Waals surface area contributed by atoms with Crippen molar-refractivity contribution >= 4 is 17.9 Å². The molecule has 0 radical (unpaired) electrons. The van der Waals surface area contributed by atoms with Crippen molar-refractivity contribution in [3.63, 3.8) is 0 Å². The minimum Gasteiger partial charge on any atom is -0.462 e. The smallest absolute Gasteiger partial charge is 0.306 e. The minimum absolute atomic E-state index is 0.0941. The quantitative estimate of drug-likeness (QED) is 0.0262. The van der Waals surface area contributed by atoms with E-state index in [1.54, 1.807) is 0 Å². The Morgan fingerprint density at radius 3 is 1.08 bits per heavy atom. The van der Waals surface area contributed by atoms with Crippen molar-refractivity contribution in [2.24, 2.45) is 0 Å². The van der Waals surface area contributed by atoms with Crippen molar-refractivity contribution in [2.75, 3.05) is 13.2 Å². The lowest BCUT2D eigenvalue weighted by Gasteiger charge is -2.18. The van der Waals surface area contributed by atoms with E-state index in [1.165, 1.54) is 116 Å². The summed E-state index contributed by atoms with van der Waals surface area (Å²) in [5, 5.41) is 0. The van der Waals surface area contributed by atoms with Gasteiger partial charge in [0.15, 0.2) is 6.10 Å². The van der Waals surface area contributed by atoms with Gasteiger partial charge >= 0.3 is 17.9 Å². The molecule has 0 heterocycles. The highest BCUT2D eigenvalue weighted by atomic mass is 16.6. The predicted octanol–water partition coefficient (Wildman–Crippen LogP) is 17.0. The topological polar surface area (TPSA) is 78.9 Å². The third kappa shape index (κ3) is 47.9. The van der Waals surface area contributed by atoms with Crippen LogP contribution in [0.2, 0.25) is 0 Å². The summed E-state index contributed by atoms with van der Waals surface area (Å²) in [5.74, 6) is -0.959. The first-order chi connectivity index (χ1) is 30.5. The number of allylic oxidation sites excluding steroid dienone is 12. The number of unbranched alkanes of at least 4 members (excludes halogenated alkanes) is 23. The van der Waals surface area contributed by atoms with Gasteiger partial charge in [-0.3, -0.25) is 14.4 Å². The summed E-state index contributed by atoms with van der Waals surface area (Å²) in [4.78, 5) is 37.9. The van der Waals surface area contributed by atoms with Crippen LogP contribution in [0.25, 0.3) is 0 Å². The molecular weight excluding hydrogens is 769 g/mol. The van der Waals surface area contributed by atoms with Gasteiger partial charge in [-0.05, 0) is 83.5 Å². The molecule has 0 aromatic carbocycles. The van der Waals surface area contributed by atoms with Crippen LogP contribution >= 0.6 is 0 Å². The summed E-state index contributed by atoms with van der Waals surface area (Å²) in [6, 6.07) is 0. The normalized spacial score (nSPS) is 12.6. The van der Waals surface area contributed by atoms with Crippen molar-refractivity contribution < 1.29 is 28.6 Å². The average Bonchev–Trinajstić information content (AvgIpc) is 3.27.